The molecule has 3 N–H and O–H groups in total. The first-order valence-corrected chi connectivity index (χ1v) is 6.68. The van der Waals surface area contributed by atoms with Gasteiger partial charge in [0, 0.05) is 25.6 Å². The van der Waals surface area contributed by atoms with Gasteiger partial charge in [-0.25, -0.2) is 0 Å². The molecule has 2 unspecified atom stereocenters. The summed E-state index contributed by atoms with van der Waals surface area (Å²) in [5, 5.41) is 8.64. The molecule has 1 rings (SSSR count). The van der Waals surface area contributed by atoms with Crippen LogP contribution in [0.2, 0.25) is 0 Å². The van der Waals surface area contributed by atoms with Crippen LogP contribution >= 0.6 is 0 Å². The first kappa shape index (κ1) is 15.0. The molecule has 5 heteroatoms. The number of carboxylic acids is 1. The maximum Gasteiger partial charge on any atom is 0.303 e. The van der Waals surface area contributed by atoms with Crippen molar-refractivity contribution in [2.75, 3.05) is 13.1 Å². The minimum atomic E-state index is -0.737. The average Bonchev–Trinajstić information content (AvgIpc) is 2.35. The number of aliphatic carboxylic acids is 1. The summed E-state index contributed by atoms with van der Waals surface area (Å²) in [5.74, 6) is -0.308. The fourth-order valence-electron chi connectivity index (χ4n) is 2.28. The van der Waals surface area contributed by atoms with Gasteiger partial charge in [-0.2, -0.15) is 0 Å². The van der Waals surface area contributed by atoms with E-state index in [1.807, 2.05) is 18.7 Å². The number of nitrogens with two attached hydrogens (primary N) is 1. The smallest absolute Gasteiger partial charge is 0.303 e. The Morgan fingerprint density at radius 3 is 2.33 bits per heavy atom. The van der Waals surface area contributed by atoms with Gasteiger partial charge in [-0.05, 0) is 32.1 Å². The number of nitrogens with zero attached hydrogens (tertiary/aromatic N) is 1. The van der Waals surface area contributed by atoms with Crippen molar-refractivity contribution in [1.82, 2.24) is 4.90 Å². The normalized spacial score (nSPS) is 20.5. The van der Waals surface area contributed by atoms with E-state index in [0.717, 1.165) is 32.4 Å². The lowest BCUT2D eigenvalue weighted by atomic mass is 9.91. The number of amides is 1. The number of carbonyl (C=O) groups excluding carboxylic acids is 1. The molecule has 1 aliphatic rings. The summed E-state index contributed by atoms with van der Waals surface area (Å²) in [4.78, 5) is 24.4. The Kier molecular flexibility index (Phi) is 5.59. The van der Waals surface area contributed by atoms with Crippen molar-refractivity contribution in [2.24, 2.45) is 17.6 Å². The molecule has 0 saturated carbocycles. The van der Waals surface area contributed by atoms with Gasteiger partial charge in [0.25, 0.3) is 0 Å². The molecular formula is C13H24N2O3. The zero-order valence-electron chi connectivity index (χ0n) is 11.3. The second-order valence-corrected chi connectivity index (χ2v) is 5.35. The maximum absolute atomic E-state index is 12.1. The Hall–Kier alpha value is -1.10. The average molecular weight is 256 g/mol. The Labute approximate surface area is 108 Å². The van der Waals surface area contributed by atoms with Crippen LogP contribution in [-0.4, -0.2) is 41.0 Å². The Morgan fingerprint density at radius 1 is 1.33 bits per heavy atom. The molecule has 104 valence electrons. The summed E-state index contributed by atoms with van der Waals surface area (Å²) < 4.78 is 0. The Morgan fingerprint density at radius 2 is 1.89 bits per heavy atom. The fraction of sp³-hybridized carbons (Fsp3) is 0.846. The van der Waals surface area contributed by atoms with Crippen molar-refractivity contribution in [3.05, 3.63) is 0 Å². The van der Waals surface area contributed by atoms with Gasteiger partial charge in [0.05, 0.1) is 5.92 Å². The van der Waals surface area contributed by atoms with E-state index in [2.05, 4.69) is 0 Å². The molecule has 1 aliphatic heterocycles. The van der Waals surface area contributed by atoms with Crippen LogP contribution in [0.5, 0.6) is 0 Å². The van der Waals surface area contributed by atoms with Crippen molar-refractivity contribution in [1.29, 1.82) is 0 Å². The van der Waals surface area contributed by atoms with Gasteiger partial charge in [0.1, 0.15) is 0 Å². The van der Waals surface area contributed by atoms with E-state index < -0.39 is 5.97 Å². The van der Waals surface area contributed by atoms with Gasteiger partial charge in [-0.1, -0.05) is 6.92 Å². The van der Waals surface area contributed by atoms with Crippen LogP contribution in [0.1, 0.15) is 39.5 Å². The highest BCUT2D eigenvalue weighted by atomic mass is 16.4. The van der Waals surface area contributed by atoms with Gasteiger partial charge in [-0.3, -0.25) is 9.59 Å². The van der Waals surface area contributed by atoms with Crippen LogP contribution in [-0.2, 0) is 9.59 Å². The quantitative estimate of drug-likeness (QED) is 0.770. The molecule has 18 heavy (non-hydrogen) atoms. The fourth-order valence-corrected chi connectivity index (χ4v) is 2.28. The molecule has 0 aromatic rings. The summed E-state index contributed by atoms with van der Waals surface area (Å²) in [6, 6.07) is -0.123. The van der Waals surface area contributed by atoms with Crippen molar-refractivity contribution in [3.63, 3.8) is 0 Å². The number of piperidine rings is 1. The first-order valence-electron chi connectivity index (χ1n) is 6.68. The van der Waals surface area contributed by atoms with Gasteiger partial charge in [0.15, 0.2) is 0 Å². The standard InChI is InChI=1S/C13H24N2O3/c1-9(10(2)14)13(18)15-7-5-11(6-8-15)3-4-12(16)17/h9-11H,3-8,14H2,1-2H3,(H,16,17). The predicted molar refractivity (Wildman–Crippen MR) is 69.0 cm³/mol. The molecule has 0 bridgehead atoms. The topological polar surface area (TPSA) is 83.6 Å². The highest BCUT2D eigenvalue weighted by molar-refractivity contribution is 5.79. The number of rotatable bonds is 5. The van der Waals surface area contributed by atoms with Crippen LogP contribution in [0, 0.1) is 11.8 Å². The number of hydrogen-bond acceptors (Lipinski definition) is 3. The summed E-state index contributed by atoms with van der Waals surface area (Å²) in [5.41, 5.74) is 5.74. The van der Waals surface area contributed by atoms with E-state index in [-0.39, 0.29) is 24.3 Å². The monoisotopic (exact) mass is 256 g/mol. The van der Waals surface area contributed by atoms with Crippen molar-refractivity contribution in [3.8, 4) is 0 Å². The van der Waals surface area contributed by atoms with Crippen LogP contribution in [0.15, 0.2) is 0 Å². The third-order valence-electron chi connectivity index (χ3n) is 3.87. The number of hydrogen-bond donors (Lipinski definition) is 2. The molecule has 1 amide bonds. The third-order valence-corrected chi connectivity index (χ3v) is 3.87. The van der Waals surface area contributed by atoms with Gasteiger partial charge in [0.2, 0.25) is 5.91 Å². The molecule has 1 fully saturated rings. The predicted octanol–water partition coefficient (Wildman–Crippen LogP) is 1.07. The lowest BCUT2D eigenvalue weighted by molar-refractivity contribution is -0.139. The Balaban J connectivity index is 2.35. The molecule has 1 heterocycles. The summed E-state index contributed by atoms with van der Waals surface area (Å²) in [7, 11) is 0. The van der Waals surface area contributed by atoms with E-state index in [4.69, 9.17) is 10.8 Å². The van der Waals surface area contributed by atoms with Gasteiger partial charge < -0.3 is 15.7 Å². The third kappa shape index (κ3) is 4.29. The molecule has 0 spiro atoms. The maximum atomic E-state index is 12.1. The van der Waals surface area contributed by atoms with E-state index in [1.165, 1.54) is 0 Å². The second-order valence-electron chi connectivity index (χ2n) is 5.35. The van der Waals surface area contributed by atoms with E-state index >= 15 is 0 Å². The molecule has 0 radical (unpaired) electrons. The molecule has 1 saturated heterocycles. The van der Waals surface area contributed by atoms with Gasteiger partial charge in [-0.15, -0.1) is 0 Å². The van der Waals surface area contributed by atoms with Crippen LogP contribution in [0.25, 0.3) is 0 Å². The van der Waals surface area contributed by atoms with Crippen LogP contribution in [0.4, 0.5) is 0 Å². The molecule has 5 nitrogen and oxygen atoms in total. The highest BCUT2D eigenvalue weighted by Crippen LogP contribution is 2.23. The molecule has 0 aromatic carbocycles. The van der Waals surface area contributed by atoms with Crippen LogP contribution in [0.3, 0.4) is 0 Å². The SMILES string of the molecule is CC(N)C(C)C(=O)N1CCC(CCC(=O)O)CC1. The number of carboxylic acid groups (broad SMARTS) is 1. The lowest BCUT2D eigenvalue weighted by Gasteiger charge is -2.34. The summed E-state index contributed by atoms with van der Waals surface area (Å²) >= 11 is 0. The second kappa shape index (κ2) is 6.73. The molecule has 2 atom stereocenters. The molecule has 0 aliphatic carbocycles. The van der Waals surface area contributed by atoms with Crippen LogP contribution < -0.4 is 5.73 Å². The van der Waals surface area contributed by atoms with Gasteiger partial charge >= 0.3 is 5.97 Å². The van der Waals surface area contributed by atoms with E-state index in [9.17, 15) is 9.59 Å². The van der Waals surface area contributed by atoms with E-state index in [0.29, 0.717) is 5.92 Å². The number of carbonyl (C=O) groups is 2. The highest BCUT2D eigenvalue weighted by Gasteiger charge is 2.27. The van der Waals surface area contributed by atoms with Crippen molar-refractivity contribution < 1.29 is 14.7 Å². The zero-order valence-corrected chi connectivity index (χ0v) is 11.3. The zero-order chi connectivity index (χ0) is 13.7. The summed E-state index contributed by atoms with van der Waals surface area (Å²) in [6.07, 6.45) is 2.77. The molecule has 0 aromatic heterocycles. The largest absolute Gasteiger partial charge is 0.481 e. The number of likely N-dealkylation sites (tertiary alicyclic amines) is 1. The van der Waals surface area contributed by atoms with E-state index in [1.54, 1.807) is 0 Å². The summed E-state index contributed by atoms with van der Waals surface area (Å²) in [6.45, 7) is 5.19. The minimum absolute atomic E-state index is 0.123. The van der Waals surface area contributed by atoms with Crippen molar-refractivity contribution >= 4 is 11.9 Å². The molecular weight excluding hydrogens is 232 g/mol. The lowest BCUT2D eigenvalue weighted by Crippen LogP contribution is -2.45. The Bertz CT molecular complexity index is 297. The minimum Gasteiger partial charge on any atom is -0.481 e. The first-order chi connectivity index (χ1) is 8.41. The van der Waals surface area contributed by atoms with Crippen molar-refractivity contribution in [2.45, 2.75) is 45.6 Å².